The van der Waals surface area contributed by atoms with Crippen LogP contribution in [-0.2, 0) is 14.4 Å². The van der Waals surface area contributed by atoms with Crippen LogP contribution in [0.4, 0.5) is 0 Å². The van der Waals surface area contributed by atoms with E-state index >= 15 is 0 Å². The number of carbonyl (C=O) groups is 3. The van der Waals surface area contributed by atoms with E-state index in [1.165, 1.54) is 4.90 Å². The van der Waals surface area contributed by atoms with Gasteiger partial charge in [-0.15, -0.1) is 0 Å². The van der Waals surface area contributed by atoms with Crippen molar-refractivity contribution in [3.05, 3.63) is 0 Å². The highest BCUT2D eigenvalue weighted by atomic mass is 32.2. The van der Waals surface area contributed by atoms with E-state index in [1.54, 1.807) is 11.8 Å². The number of nitrogens with one attached hydrogen (secondary N) is 1. The van der Waals surface area contributed by atoms with Gasteiger partial charge in [-0.3, -0.25) is 9.59 Å². The van der Waals surface area contributed by atoms with Crippen LogP contribution in [0, 0.1) is 0 Å². The molecule has 1 fully saturated rings. The van der Waals surface area contributed by atoms with Gasteiger partial charge in [-0.05, 0) is 50.7 Å². The SMILES string of the molecule is CSCC[C@H](NC(=O)[C@@H](N)CCCCN)C(=O)N1CCC[C@@H]1C(=O)O. The van der Waals surface area contributed by atoms with Crippen molar-refractivity contribution in [2.45, 2.75) is 56.7 Å². The summed E-state index contributed by atoms with van der Waals surface area (Å²) in [5.41, 5.74) is 11.3. The molecule has 0 unspecified atom stereocenters. The third kappa shape index (κ3) is 6.83. The van der Waals surface area contributed by atoms with Crippen LogP contribution in [0.15, 0.2) is 0 Å². The van der Waals surface area contributed by atoms with Crippen molar-refractivity contribution in [1.29, 1.82) is 0 Å². The second kappa shape index (κ2) is 11.3. The Morgan fingerprint density at radius 3 is 2.64 bits per heavy atom. The zero-order valence-corrected chi connectivity index (χ0v) is 15.6. The molecule has 144 valence electrons. The minimum absolute atomic E-state index is 0.332. The van der Waals surface area contributed by atoms with Crippen molar-refractivity contribution in [2.24, 2.45) is 11.5 Å². The Hall–Kier alpha value is -1.32. The van der Waals surface area contributed by atoms with Crippen molar-refractivity contribution >= 4 is 29.5 Å². The predicted molar refractivity (Wildman–Crippen MR) is 98.2 cm³/mol. The smallest absolute Gasteiger partial charge is 0.326 e. The van der Waals surface area contributed by atoms with E-state index in [0.29, 0.717) is 44.5 Å². The largest absolute Gasteiger partial charge is 0.480 e. The average molecular weight is 375 g/mol. The van der Waals surface area contributed by atoms with E-state index in [0.717, 1.165) is 12.8 Å². The van der Waals surface area contributed by atoms with Crippen LogP contribution in [0.2, 0.25) is 0 Å². The van der Waals surface area contributed by atoms with Crippen molar-refractivity contribution in [2.75, 3.05) is 25.1 Å². The maximum Gasteiger partial charge on any atom is 0.326 e. The first kappa shape index (κ1) is 21.7. The highest BCUT2D eigenvalue weighted by molar-refractivity contribution is 7.98. The molecule has 1 aliphatic rings. The molecule has 2 amide bonds. The van der Waals surface area contributed by atoms with Crippen LogP contribution in [0.3, 0.4) is 0 Å². The number of amides is 2. The highest BCUT2D eigenvalue weighted by Gasteiger charge is 2.37. The van der Waals surface area contributed by atoms with Gasteiger partial charge < -0.3 is 26.8 Å². The van der Waals surface area contributed by atoms with Crippen LogP contribution in [-0.4, -0.2) is 71.0 Å². The second-order valence-electron chi connectivity index (χ2n) is 6.26. The Morgan fingerprint density at radius 2 is 2.04 bits per heavy atom. The first-order chi connectivity index (χ1) is 11.9. The van der Waals surface area contributed by atoms with Crippen LogP contribution in [0.1, 0.15) is 38.5 Å². The molecule has 0 aliphatic carbocycles. The van der Waals surface area contributed by atoms with E-state index in [2.05, 4.69) is 5.32 Å². The number of carboxylic acids is 1. The van der Waals surface area contributed by atoms with Crippen molar-refractivity contribution in [1.82, 2.24) is 10.2 Å². The number of rotatable bonds is 11. The molecular formula is C16H30N4O4S. The normalized spacial score (nSPS) is 19.5. The van der Waals surface area contributed by atoms with Crippen LogP contribution in [0.5, 0.6) is 0 Å². The topological polar surface area (TPSA) is 139 Å². The number of aliphatic carboxylic acids is 1. The van der Waals surface area contributed by atoms with Crippen LogP contribution < -0.4 is 16.8 Å². The molecule has 1 aliphatic heterocycles. The number of hydrogen-bond acceptors (Lipinski definition) is 6. The lowest BCUT2D eigenvalue weighted by atomic mass is 10.1. The number of carbonyl (C=O) groups excluding carboxylic acids is 2. The van der Waals surface area contributed by atoms with Gasteiger partial charge >= 0.3 is 5.97 Å². The maximum atomic E-state index is 12.8. The average Bonchev–Trinajstić information content (AvgIpc) is 3.07. The molecule has 1 heterocycles. The lowest BCUT2D eigenvalue weighted by Gasteiger charge is -2.28. The minimum Gasteiger partial charge on any atom is -0.480 e. The Labute approximate surface area is 153 Å². The molecule has 25 heavy (non-hydrogen) atoms. The van der Waals surface area contributed by atoms with Gasteiger partial charge in [0.25, 0.3) is 0 Å². The lowest BCUT2D eigenvalue weighted by Crippen LogP contribution is -2.54. The Balaban J connectivity index is 2.70. The highest BCUT2D eigenvalue weighted by Crippen LogP contribution is 2.19. The summed E-state index contributed by atoms with van der Waals surface area (Å²) in [4.78, 5) is 37.7. The summed E-state index contributed by atoms with van der Waals surface area (Å²) in [6.45, 7) is 0.957. The summed E-state index contributed by atoms with van der Waals surface area (Å²) >= 11 is 1.57. The minimum atomic E-state index is -1.00. The number of nitrogens with two attached hydrogens (primary N) is 2. The fraction of sp³-hybridized carbons (Fsp3) is 0.812. The summed E-state index contributed by atoms with van der Waals surface area (Å²) in [5.74, 6) is -1.02. The standard InChI is InChI=1S/C16H30N4O4S/c1-25-10-7-12(19-14(21)11(18)5-2-3-8-17)15(22)20-9-4-6-13(20)16(23)24/h11-13H,2-10,17-18H2,1H3,(H,19,21)(H,23,24)/t11-,12-,13+/m0/s1. The van der Waals surface area contributed by atoms with E-state index in [-0.39, 0.29) is 11.8 Å². The van der Waals surface area contributed by atoms with Crippen molar-refractivity contribution in [3.63, 3.8) is 0 Å². The number of unbranched alkanes of at least 4 members (excludes halogenated alkanes) is 1. The molecule has 0 spiro atoms. The number of likely N-dealkylation sites (tertiary alicyclic amines) is 1. The molecule has 1 rings (SSSR count). The first-order valence-electron chi connectivity index (χ1n) is 8.70. The van der Waals surface area contributed by atoms with Gasteiger partial charge in [0.2, 0.25) is 11.8 Å². The monoisotopic (exact) mass is 374 g/mol. The zero-order valence-electron chi connectivity index (χ0n) is 14.8. The first-order valence-corrected chi connectivity index (χ1v) is 10.1. The fourth-order valence-electron chi connectivity index (χ4n) is 2.90. The van der Waals surface area contributed by atoms with Gasteiger partial charge in [-0.2, -0.15) is 11.8 Å². The van der Waals surface area contributed by atoms with Gasteiger partial charge in [-0.1, -0.05) is 6.42 Å². The van der Waals surface area contributed by atoms with Gasteiger partial charge in [0.1, 0.15) is 12.1 Å². The molecule has 9 heteroatoms. The van der Waals surface area contributed by atoms with E-state index < -0.39 is 24.1 Å². The third-order valence-corrected chi connectivity index (χ3v) is 5.00. The number of hydrogen-bond donors (Lipinski definition) is 4. The predicted octanol–water partition coefficient (Wildman–Crippen LogP) is -0.244. The van der Waals surface area contributed by atoms with Gasteiger partial charge in [0.15, 0.2) is 0 Å². The summed E-state index contributed by atoms with van der Waals surface area (Å²) < 4.78 is 0. The Morgan fingerprint density at radius 1 is 1.32 bits per heavy atom. The molecule has 0 aromatic heterocycles. The molecule has 3 atom stereocenters. The second-order valence-corrected chi connectivity index (χ2v) is 7.25. The number of thioether (sulfide) groups is 1. The quantitative estimate of drug-likeness (QED) is 0.366. The van der Waals surface area contributed by atoms with Crippen LogP contribution in [0.25, 0.3) is 0 Å². The Bertz CT molecular complexity index is 463. The van der Waals surface area contributed by atoms with Gasteiger partial charge in [0, 0.05) is 6.54 Å². The molecule has 0 bridgehead atoms. The van der Waals surface area contributed by atoms with Gasteiger partial charge in [-0.25, -0.2) is 4.79 Å². The molecule has 0 radical (unpaired) electrons. The third-order valence-electron chi connectivity index (χ3n) is 4.35. The molecule has 6 N–H and O–H groups in total. The van der Waals surface area contributed by atoms with Crippen molar-refractivity contribution in [3.8, 4) is 0 Å². The summed E-state index contributed by atoms with van der Waals surface area (Å²) in [7, 11) is 0. The summed E-state index contributed by atoms with van der Waals surface area (Å²) in [6, 6.07) is -2.23. The molecular weight excluding hydrogens is 344 g/mol. The van der Waals surface area contributed by atoms with Crippen LogP contribution >= 0.6 is 11.8 Å². The van der Waals surface area contributed by atoms with E-state index in [1.807, 2.05) is 6.26 Å². The van der Waals surface area contributed by atoms with E-state index in [4.69, 9.17) is 11.5 Å². The summed E-state index contributed by atoms with van der Waals surface area (Å²) in [5, 5.41) is 12.0. The molecule has 0 aromatic carbocycles. The Kier molecular flexibility index (Phi) is 9.84. The molecule has 8 nitrogen and oxygen atoms in total. The maximum absolute atomic E-state index is 12.8. The molecule has 0 aromatic rings. The van der Waals surface area contributed by atoms with E-state index in [9.17, 15) is 19.5 Å². The number of nitrogens with zero attached hydrogens (tertiary/aromatic N) is 1. The molecule has 1 saturated heterocycles. The fourth-order valence-corrected chi connectivity index (χ4v) is 3.37. The molecule has 0 saturated carbocycles. The lowest BCUT2D eigenvalue weighted by molar-refractivity contribution is -0.149. The number of carboxylic acid groups (broad SMARTS) is 1. The van der Waals surface area contributed by atoms with Crippen molar-refractivity contribution < 1.29 is 19.5 Å². The van der Waals surface area contributed by atoms with Gasteiger partial charge in [0.05, 0.1) is 6.04 Å². The summed E-state index contributed by atoms with van der Waals surface area (Å²) in [6.07, 6.45) is 5.52. The zero-order chi connectivity index (χ0) is 18.8.